The molecular weight excluding hydrogens is 368 g/mol. The van der Waals surface area contributed by atoms with Crippen molar-refractivity contribution in [1.29, 1.82) is 0 Å². The average molecular weight is 399 g/mol. The molecular formula is C22H30N4O3. The molecule has 1 fully saturated rings. The molecule has 2 heterocycles. The molecule has 3 rings (SSSR count). The summed E-state index contributed by atoms with van der Waals surface area (Å²) >= 11 is 0. The molecule has 1 aromatic carbocycles. The third kappa shape index (κ3) is 5.43. The Morgan fingerprint density at radius 2 is 1.83 bits per heavy atom. The highest BCUT2D eigenvalue weighted by Crippen LogP contribution is 2.22. The fourth-order valence-electron chi connectivity index (χ4n) is 3.50. The van der Waals surface area contributed by atoms with E-state index in [2.05, 4.69) is 30.9 Å². The van der Waals surface area contributed by atoms with Crippen LogP contribution in [0.15, 0.2) is 28.8 Å². The summed E-state index contributed by atoms with van der Waals surface area (Å²) in [5, 5.41) is 3.95. The number of aryl methyl sites for hydroxylation is 1. The van der Waals surface area contributed by atoms with Crippen LogP contribution in [0.3, 0.4) is 0 Å². The molecule has 1 aliphatic heterocycles. The van der Waals surface area contributed by atoms with E-state index in [9.17, 15) is 9.59 Å². The predicted molar refractivity (Wildman–Crippen MR) is 110 cm³/mol. The maximum Gasteiger partial charge on any atom is 0.257 e. The lowest BCUT2D eigenvalue weighted by atomic mass is 9.91. The second-order valence-corrected chi connectivity index (χ2v) is 9.07. The van der Waals surface area contributed by atoms with Crippen LogP contribution >= 0.6 is 0 Å². The summed E-state index contributed by atoms with van der Waals surface area (Å²) in [6, 6.07) is 7.79. The number of aromatic nitrogens is 2. The summed E-state index contributed by atoms with van der Waals surface area (Å²) in [5.41, 5.74) is 1.94. The first-order chi connectivity index (χ1) is 13.6. The minimum Gasteiger partial charge on any atom is -0.338 e. The summed E-state index contributed by atoms with van der Waals surface area (Å²) < 4.78 is 5.31. The molecule has 156 valence electrons. The van der Waals surface area contributed by atoms with E-state index in [1.807, 2.05) is 43.0 Å². The number of hydrogen-bond donors (Lipinski definition) is 0. The lowest BCUT2D eigenvalue weighted by molar-refractivity contribution is -0.143. The highest BCUT2D eigenvalue weighted by atomic mass is 16.5. The van der Waals surface area contributed by atoms with Crippen molar-refractivity contribution < 1.29 is 14.1 Å². The number of rotatable bonds is 4. The van der Waals surface area contributed by atoms with Crippen molar-refractivity contribution in [3.8, 4) is 11.5 Å². The van der Waals surface area contributed by atoms with E-state index in [1.165, 1.54) is 0 Å². The van der Waals surface area contributed by atoms with E-state index in [-0.39, 0.29) is 29.7 Å². The van der Waals surface area contributed by atoms with Gasteiger partial charge < -0.3 is 14.3 Å². The molecule has 0 N–H and O–H groups in total. The highest BCUT2D eigenvalue weighted by molar-refractivity contribution is 5.80. The Morgan fingerprint density at radius 1 is 1.14 bits per heavy atom. The minimum atomic E-state index is -0.0453. The van der Waals surface area contributed by atoms with Crippen LogP contribution < -0.4 is 0 Å². The Kier molecular flexibility index (Phi) is 6.05. The van der Waals surface area contributed by atoms with Gasteiger partial charge in [0.25, 0.3) is 5.89 Å². The van der Waals surface area contributed by atoms with Crippen LogP contribution in [0.5, 0.6) is 0 Å². The smallest absolute Gasteiger partial charge is 0.257 e. The van der Waals surface area contributed by atoms with Gasteiger partial charge in [0.15, 0.2) is 5.82 Å². The van der Waals surface area contributed by atoms with Gasteiger partial charge in [0, 0.05) is 37.7 Å². The van der Waals surface area contributed by atoms with Crippen LogP contribution in [0.4, 0.5) is 0 Å². The van der Waals surface area contributed by atoms with Crippen LogP contribution in [0.1, 0.15) is 45.5 Å². The van der Waals surface area contributed by atoms with E-state index in [1.54, 1.807) is 4.90 Å². The van der Waals surface area contributed by atoms with Crippen molar-refractivity contribution in [2.24, 2.45) is 5.41 Å². The average Bonchev–Trinajstić information content (AvgIpc) is 3.09. The van der Waals surface area contributed by atoms with Gasteiger partial charge >= 0.3 is 0 Å². The molecule has 1 atom stereocenters. The van der Waals surface area contributed by atoms with Gasteiger partial charge in [0.05, 0.1) is 6.42 Å². The second-order valence-electron chi connectivity index (χ2n) is 9.07. The van der Waals surface area contributed by atoms with Crippen LogP contribution in [-0.4, -0.2) is 57.4 Å². The maximum atomic E-state index is 12.7. The topological polar surface area (TPSA) is 79.5 Å². The van der Waals surface area contributed by atoms with Crippen molar-refractivity contribution in [2.75, 3.05) is 19.6 Å². The van der Waals surface area contributed by atoms with E-state index in [4.69, 9.17) is 4.52 Å². The monoisotopic (exact) mass is 398 g/mol. The normalized spacial score (nSPS) is 17.5. The first kappa shape index (κ1) is 21.0. The Hall–Kier alpha value is -2.70. The third-order valence-electron chi connectivity index (χ3n) is 5.06. The van der Waals surface area contributed by atoms with Gasteiger partial charge in [-0.2, -0.15) is 4.98 Å². The number of carbonyl (C=O) groups excluding carboxylic acids is 2. The van der Waals surface area contributed by atoms with Gasteiger partial charge in [0.1, 0.15) is 0 Å². The fraction of sp³-hybridized carbons (Fsp3) is 0.545. The van der Waals surface area contributed by atoms with Gasteiger partial charge in [-0.1, -0.05) is 43.6 Å². The van der Waals surface area contributed by atoms with Gasteiger partial charge in [-0.05, 0) is 31.4 Å². The fourth-order valence-corrected chi connectivity index (χ4v) is 3.50. The van der Waals surface area contributed by atoms with Crippen LogP contribution in [-0.2, 0) is 16.0 Å². The Bertz CT molecular complexity index is 867. The molecule has 0 radical (unpaired) electrons. The molecule has 1 saturated heterocycles. The molecule has 0 spiro atoms. The van der Waals surface area contributed by atoms with Crippen LogP contribution in [0.25, 0.3) is 11.5 Å². The molecule has 29 heavy (non-hydrogen) atoms. The molecule has 0 saturated carbocycles. The molecule has 0 bridgehead atoms. The van der Waals surface area contributed by atoms with Crippen molar-refractivity contribution in [3.63, 3.8) is 0 Å². The molecule has 7 heteroatoms. The molecule has 7 nitrogen and oxygen atoms in total. The summed E-state index contributed by atoms with van der Waals surface area (Å²) in [6.07, 6.45) is 0.605. The van der Waals surface area contributed by atoms with Gasteiger partial charge in [-0.3, -0.25) is 9.59 Å². The first-order valence-electron chi connectivity index (χ1n) is 10.1. The third-order valence-corrected chi connectivity index (χ3v) is 5.06. The zero-order valence-electron chi connectivity index (χ0n) is 17.9. The zero-order chi connectivity index (χ0) is 21.2. The SMILES string of the molecule is Cc1ccc(-c2nc(CC(=O)N3CCN(C(=O)CC(C)(C)C)[C@@H](C)C3)no2)cc1. The zero-order valence-corrected chi connectivity index (χ0v) is 17.9. The standard InChI is InChI=1S/C22H30N4O3/c1-15-6-8-17(9-7-15)21-23-18(24-29-21)12-19(27)25-10-11-26(16(2)14-25)20(28)13-22(3,4)5/h6-9,16H,10-14H2,1-5H3/t16-/m0/s1. The van der Waals surface area contributed by atoms with E-state index >= 15 is 0 Å². The number of benzene rings is 1. The Morgan fingerprint density at radius 3 is 2.45 bits per heavy atom. The predicted octanol–water partition coefficient (Wildman–Crippen LogP) is 3.08. The quantitative estimate of drug-likeness (QED) is 0.791. The summed E-state index contributed by atoms with van der Waals surface area (Å²) in [4.78, 5) is 33.3. The number of nitrogens with zero attached hydrogens (tertiary/aromatic N) is 4. The number of carbonyl (C=O) groups is 2. The minimum absolute atomic E-state index is 0.00376. The molecule has 0 unspecified atom stereocenters. The summed E-state index contributed by atoms with van der Waals surface area (Å²) in [5.74, 6) is 0.900. The molecule has 0 aliphatic carbocycles. The Balaban J connectivity index is 1.57. The van der Waals surface area contributed by atoms with Crippen molar-refractivity contribution in [1.82, 2.24) is 19.9 Å². The van der Waals surface area contributed by atoms with Crippen molar-refractivity contribution >= 4 is 11.8 Å². The molecule has 1 aliphatic rings. The summed E-state index contributed by atoms with van der Waals surface area (Å²) in [7, 11) is 0. The van der Waals surface area contributed by atoms with Gasteiger partial charge in [-0.15, -0.1) is 0 Å². The molecule has 2 amide bonds. The number of piperazine rings is 1. The lowest BCUT2D eigenvalue weighted by Gasteiger charge is -2.40. The molecule has 1 aromatic heterocycles. The second kappa shape index (κ2) is 8.35. The number of hydrogen-bond acceptors (Lipinski definition) is 5. The van der Waals surface area contributed by atoms with E-state index < -0.39 is 0 Å². The maximum absolute atomic E-state index is 12.7. The number of amides is 2. The Labute approximate surface area is 172 Å². The van der Waals surface area contributed by atoms with Crippen LogP contribution in [0, 0.1) is 12.3 Å². The van der Waals surface area contributed by atoms with Crippen molar-refractivity contribution in [2.45, 2.75) is 53.5 Å². The van der Waals surface area contributed by atoms with Gasteiger partial charge in [0.2, 0.25) is 11.8 Å². The summed E-state index contributed by atoms with van der Waals surface area (Å²) in [6.45, 7) is 11.8. The first-order valence-corrected chi connectivity index (χ1v) is 10.1. The van der Waals surface area contributed by atoms with Gasteiger partial charge in [-0.25, -0.2) is 0 Å². The van der Waals surface area contributed by atoms with Crippen LogP contribution in [0.2, 0.25) is 0 Å². The van der Waals surface area contributed by atoms with E-state index in [0.717, 1.165) is 11.1 Å². The van der Waals surface area contributed by atoms with E-state index in [0.29, 0.717) is 37.8 Å². The highest BCUT2D eigenvalue weighted by Gasteiger charge is 2.31. The lowest BCUT2D eigenvalue weighted by Crippen LogP contribution is -2.56. The molecule has 2 aromatic rings. The largest absolute Gasteiger partial charge is 0.338 e. The van der Waals surface area contributed by atoms with Crippen molar-refractivity contribution in [3.05, 3.63) is 35.7 Å².